The smallest absolute Gasteiger partial charge is 0.167 e. The molecule has 2 aromatic heterocycles. The van der Waals surface area contributed by atoms with Gasteiger partial charge in [-0.3, -0.25) is 4.57 Å². The molecule has 16 N–H and O–H groups in total. The molecule has 1 fully saturated rings. The lowest BCUT2D eigenvalue weighted by Crippen LogP contribution is -2.34. The predicted molar refractivity (Wildman–Crippen MR) is 99.6 cm³/mol. The van der Waals surface area contributed by atoms with E-state index in [1.807, 2.05) is 0 Å². The molecule has 30 heavy (non-hydrogen) atoms. The zero-order chi connectivity index (χ0) is 20.0. The van der Waals surface area contributed by atoms with E-state index >= 15 is 0 Å². The molecule has 5 atom stereocenters. The highest BCUT2D eigenvalue weighted by Gasteiger charge is 2.44. The zero-order valence-corrected chi connectivity index (χ0v) is 18.2. The first-order valence-corrected chi connectivity index (χ1v) is 10.8. The molecule has 174 valence electrons. The van der Waals surface area contributed by atoms with Crippen LogP contribution in [0.5, 0.6) is 0 Å². The molecule has 0 aliphatic carbocycles. The van der Waals surface area contributed by atoms with Crippen LogP contribution in [0.15, 0.2) is 12.7 Å². The SMILES string of the molecule is Nc1ncnc2c1ncn2[C@@H]1O[C@H](COP(=O)([O-])CP(=O)([O-])[O-])[C@@H](O)[C@H]1O.[NH4+].[NH4+].[NH4+]. The number of ether oxygens (including phenoxy) is 1. The Morgan fingerprint density at radius 1 is 1.13 bits per heavy atom. The van der Waals surface area contributed by atoms with Gasteiger partial charge in [-0.05, 0) is 0 Å². The van der Waals surface area contributed by atoms with Gasteiger partial charge in [0.1, 0.15) is 37.8 Å². The summed E-state index contributed by atoms with van der Waals surface area (Å²) in [5.41, 5.74) is 6.10. The number of hydrogen-bond donors (Lipinski definition) is 6. The third-order valence-corrected chi connectivity index (χ3v) is 7.09. The maximum Gasteiger partial charge on any atom is 0.167 e. The predicted octanol–water partition coefficient (Wildman–Crippen LogP) is -2.40. The molecule has 17 nitrogen and oxygen atoms in total. The van der Waals surface area contributed by atoms with Gasteiger partial charge in [0.05, 0.1) is 12.9 Å². The molecule has 3 rings (SSSR count). The van der Waals surface area contributed by atoms with Gasteiger partial charge >= 0.3 is 0 Å². The summed E-state index contributed by atoms with van der Waals surface area (Å²) < 4.78 is 33.2. The Morgan fingerprint density at radius 3 is 2.37 bits per heavy atom. The number of anilines is 1. The topological polar surface area (TPSA) is 341 Å². The van der Waals surface area contributed by atoms with Crippen LogP contribution in [0.25, 0.3) is 11.2 Å². The van der Waals surface area contributed by atoms with E-state index in [4.69, 9.17) is 10.5 Å². The maximum absolute atomic E-state index is 11.5. The minimum Gasteiger partial charge on any atom is -0.810 e. The van der Waals surface area contributed by atoms with E-state index < -0.39 is 52.2 Å². The Bertz CT molecular complexity index is 939. The van der Waals surface area contributed by atoms with E-state index in [0.717, 1.165) is 6.33 Å². The summed E-state index contributed by atoms with van der Waals surface area (Å²) >= 11 is 0. The quantitative estimate of drug-likeness (QED) is 0.237. The second-order valence-corrected chi connectivity index (χ2v) is 9.62. The largest absolute Gasteiger partial charge is 0.810 e. The number of quaternary nitrogens is 3. The van der Waals surface area contributed by atoms with Crippen LogP contribution in [0.1, 0.15) is 6.23 Å². The van der Waals surface area contributed by atoms with Gasteiger partial charge in [0, 0.05) is 5.90 Å². The van der Waals surface area contributed by atoms with Gasteiger partial charge in [-0.15, -0.1) is 0 Å². The molecule has 0 radical (unpaired) electrons. The summed E-state index contributed by atoms with van der Waals surface area (Å²) in [6.07, 6.45) is -3.22. The minimum absolute atomic E-state index is 0. The fourth-order valence-electron chi connectivity index (χ4n) is 2.59. The van der Waals surface area contributed by atoms with Crippen molar-refractivity contribution in [3.8, 4) is 0 Å². The van der Waals surface area contributed by atoms with E-state index in [2.05, 4.69) is 19.5 Å². The number of aliphatic hydroxyl groups excluding tert-OH is 2. The van der Waals surface area contributed by atoms with E-state index in [-0.39, 0.29) is 35.4 Å². The second kappa shape index (κ2) is 10.1. The van der Waals surface area contributed by atoms with E-state index in [1.165, 1.54) is 10.9 Å². The summed E-state index contributed by atoms with van der Waals surface area (Å²) in [4.78, 5) is 44.4. The highest BCUT2D eigenvalue weighted by Crippen LogP contribution is 2.48. The Balaban J connectivity index is 0.00000280. The van der Waals surface area contributed by atoms with Gasteiger partial charge in [-0.1, -0.05) is 7.60 Å². The van der Waals surface area contributed by atoms with Gasteiger partial charge in [0.2, 0.25) is 0 Å². The van der Waals surface area contributed by atoms with Crippen molar-refractivity contribution in [3.05, 3.63) is 12.7 Å². The first-order valence-electron chi connectivity index (χ1n) is 7.39. The van der Waals surface area contributed by atoms with Gasteiger partial charge in [0.15, 0.2) is 17.7 Å². The molecule has 1 unspecified atom stereocenters. The molecule has 0 amide bonds. The van der Waals surface area contributed by atoms with E-state index in [1.54, 1.807) is 0 Å². The number of nitrogen functional groups attached to an aromatic ring is 1. The highest BCUT2D eigenvalue weighted by atomic mass is 31.2. The number of rotatable bonds is 6. The first kappa shape index (κ1) is 28.4. The molecule has 0 aromatic carbocycles. The van der Waals surface area contributed by atoms with E-state index in [9.17, 15) is 34.0 Å². The van der Waals surface area contributed by atoms with Gasteiger partial charge in [-0.25, -0.2) is 15.0 Å². The number of nitrogens with two attached hydrogens (primary N) is 1. The molecule has 0 saturated carbocycles. The average Bonchev–Trinajstić information content (AvgIpc) is 3.07. The number of aromatic nitrogens is 4. The van der Waals surface area contributed by atoms with Crippen LogP contribution in [0.2, 0.25) is 0 Å². The normalized spacial score (nSPS) is 25.6. The third kappa shape index (κ3) is 5.98. The molecule has 1 aliphatic heterocycles. The van der Waals surface area contributed by atoms with Crippen LogP contribution in [-0.2, 0) is 18.4 Å². The van der Waals surface area contributed by atoms with Crippen molar-refractivity contribution in [2.24, 2.45) is 0 Å². The van der Waals surface area contributed by atoms with Crippen LogP contribution in [-0.4, -0.2) is 60.6 Å². The van der Waals surface area contributed by atoms with Crippen molar-refractivity contribution >= 4 is 32.2 Å². The summed E-state index contributed by atoms with van der Waals surface area (Å²) in [6, 6.07) is 0. The number of imidazole rings is 1. The molecule has 19 heteroatoms. The Hall–Kier alpha value is -1.59. The van der Waals surface area contributed by atoms with Crippen molar-refractivity contribution in [3.63, 3.8) is 0 Å². The highest BCUT2D eigenvalue weighted by molar-refractivity contribution is 7.67. The van der Waals surface area contributed by atoms with Gasteiger partial charge in [0.25, 0.3) is 0 Å². The van der Waals surface area contributed by atoms with E-state index in [0.29, 0.717) is 0 Å². The molecular formula is C11H26N8O9P2. The first-order chi connectivity index (χ1) is 12.5. The van der Waals surface area contributed by atoms with Crippen molar-refractivity contribution < 1.29 is 43.3 Å². The van der Waals surface area contributed by atoms with Crippen molar-refractivity contribution in [2.45, 2.75) is 24.5 Å². The Morgan fingerprint density at radius 2 is 1.77 bits per heavy atom. The molecule has 0 spiro atoms. The second-order valence-electron chi connectivity index (χ2n) is 5.79. The fraction of sp³-hybridized carbons (Fsp3) is 0.545. The minimum atomic E-state index is -5.35. The van der Waals surface area contributed by atoms with Crippen LogP contribution >= 0.6 is 15.2 Å². The number of aliphatic hydroxyl groups is 2. The summed E-state index contributed by atoms with van der Waals surface area (Å²) in [5, 5.41) is 20.3. The molecule has 2 aromatic rings. The Kier molecular flexibility index (Phi) is 9.61. The van der Waals surface area contributed by atoms with Gasteiger partial charge < -0.3 is 67.5 Å². The lowest BCUT2D eigenvalue weighted by Gasteiger charge is -2.36. The van der Waals surface area contributed by atoms with Crippen LogP contribution in [0.4, 0.5) is 5.82 Å². The van der Waals surface area contributed by atoms with Crippen molar-refractivity contribution in [1.82, 2.24) is 38.0 Å². The van der Waals surface area contributed by atoms with Crippen molar-refractivity contribution in [1.29, 1.82) is 0 Å². The molecule has 1 saturated heterocycles. The summed E-state index contributed by atoms with van der Waals surface area (Å²) in [6.45, 7) is -0.806. The molecule has 0 bridgehead atoms. The summed E-state index contributed by atoms with van der Waals surface area (Å²) in [5.74, 6) is -1.63. The lowest BCUT2D eigenvalue weighted by molar-refractivity contribution is -0.313. The monoisotopic (exact) mass is 476 g/mol. The number of fused-ring (bicyclic) bond motifs is 1. The third-order valence-electron chi connectivity index (χ3n) is 3.78. The lowest BCUT2D eigenvalue weighted by atomic mass is 10.1. The van der Waals surface area contributed by atoms with Crippen LogP contribution in [0, 0.1) is 0 Å². The number of nitrogens with zero attached hydrogens (tertiary/aromatic N) is 4. The Labute approximate surface area is 169 Å². The zero-order valence-electron chi connectivity index (χ0n) is 16.4. The molecular weight excluding hydrogens is 450 g/mol. The molecule has 1 aliphatic rings. The van der Waals surface area contributed by atoms with Gasteiger partial charge in [-0.2, -0.15) is 0 Å². The standard InChI is InChI=1S/C11H17N5O9P2.3H3N/c12-9-6-10(14-2-13-9)16(3-15-6)11-8(18)7(17)5(25-11)1-24-27(22,23)4-26(19,20)21;;;/h2-3,5,7-8,11,17-18H,1,4H2,(H,22,23)(H2,12,13,14)(H2,19,20,21);3*1H3/t5-,7-,8-,11-;;;/m1.../s1. The van der Waals surface area contributed by atoms with Crippen LogP contribution in [0.3, 0.4) is 0 Å². The maximum atomic E-state index is 11.5. The average molecular weight is 476 g/mol. The number of hydrogen-bond acceptors (Lipinski definition) is 13. The summed E-state index contributed by atoms with van der Waals surface area (Å²) in [7, 11) is -10.4. The van der Waals surface area contributed by atoms with Crippen molar-refractivity contribution in [2.75, 3.05) is 18.2 Å². The molecule has 3 heterocycles. The fourth-order valence-corrected chi connectivity index (χ4v) is 4.99. The van der Waals surface area contributed by atoms with Crippen LogP contribution < -0.4 is 38.9 Å².